The highest BCUT2D eigenvalue weighted by Gasteiger charge is 2.41. The molecule has 2 fully saturated rings. The summed E-state index contributed by atoms with van der Waals surface area (Å²) in [6, 6.07) is 17.0. The fraction of sp³-hybridized carbons (Fsp3) is 0.346. The van der Waals surface area contributed by atoms with E-state index in [1.807, 2.05) is 53.6 Å². The van der Waals surface area contributed by atoms with Crippen LogP contribution in [0, 0.1) is 0 Å². The second-order valence-electron chi connectivity index (χ2n) is 8.83. The summed E-state index contributed by atoms with van der Waals surface area (Å²) in [5, 5.41) is 3.83. The molecule has 5 rings (SSSR count). The van der Waals surface area contributed by atoms with Gasteiger partial charge in [-0.05, 0) is 30.0 Å². The number of carbonyl (C=O) groups is 3. The van der Waals surface area contributed by atoms with Crippen molar-refractivity contribution in [1.29, 1.82) is 0 Å². The predicted molar refractivity (Wildman–Crippen MR) is 125 cm³/mol. The van der Waals surface area contributed by atoms with E-state index in [9.17, 15) is 14.4 Å². The summed E-state index contributed by atoms with van der Waals surface area (Å²) in [5.74, 6) is -0.281. The number of nitrogens with zero attached hydrogens (tertiary/aromatic N) is 2. The molecule has 2 saturated heterocycles. The van der Waals surface area contributed by atoms with Crippen molar-refractivity contribution < 1.29 is 14.4 Å². The topological polar surface area (TPSA) is 85.5 Å². The van der Waals surface area contributed by atoms with E-state index in [-0.39, 0.29) is 17.7 Å². The molecular weight excluding hydrogens is 416 g/mol. The van der Waals surface area contributed by atoms with Crippen molar-refractivity contribution in [2.24, 2.45) is 0 Å². The van der Waals surface area contributed by atoms with E-state index in [1.165, 1.54) is 5.56 Å². The van der Waals surface area contributed by atoms with Crippen molar-refractivity contribution in [3.05, 3.63) is 71.9 Å². The van der Waals surface area contributed by atoms with Crippen LogP contribution >= 0.6 is 0 Å². The van der Waals surface area contributed by atoms with Gasteiger partial charge < -0.3 is 20.1 Å². The third kappa shape index (κ3) is 4.35. The number of piperazine rings is 1. The molecule has 7 nitrogen and oxygen atoms in total. The third-order valence-corrected chi connectivity index (χ3v) is 6.76. The van der Waals surface area contributed by atoms with E-state index in [0.717, 1.165) is 22.9 Å². The smallest absolute Gasteiger partial charge is 0.245 e. The average Bonchev–Trinajstić information content (AvgIpc) is 3.46. The summed E-state index contributed by atoms with van der Waals surface area (Å²) in [5.41, 5.74) is 3.21. The van der Waals surface area contributed by atoms with Crippen LogP contribution < -0.4 is 5.32 Å². The van der Waals surface area contributed by atoms with E-state index >= 15 is 0 Å². The Morgan fingerprint density at radius 2 is 1.79 bits per heavy atom. The van der Waals surface area contributed by atoms with E-state index < -0.39 is 12.1 Å². The summed E-state index contributed by atoms with van der Waals surface area (Å²) >= 11 is 0. The monoisotopic (exact) mass is 444 g/mol. The first kappa shape index (κ1) is 21.2. The average molecular weight is 445 g/mol. The fourth-order valence-corrected chi connectivity index (χ4v) is 4.94. The molecule has 2 atom stereocenters. The fourth-order valence-electron chi connectivity index (χ4n) is 4.94. The number of amides is 3. The van der Waals surface area contributed by atoms with Gasteiger partial charge in [0.05, 0.1) is 0 Å². The van der Waals surface area contributed by atoms with E-state index in [0.29, 0.717) is 38.9 Å². The van der Waals surface area contributed by atoms with Crippen molar-refractivity contribution in [2.45, 2.75) is 37.8 Å². The maximum absolute atomic E-state index is 13.6. The lowest BCUT2D eigenvalue weighted by Gasteiger charge is -2.41. The number of hydrogen-bond donors (Lipinski definition) is 2. The molecule has 170 valence electrons. The van der Waals surface area contributed by atoms with Gasteiger partial charge in [-0.25, -0.2) is 0 Å². The van der Waals surface area contributed by atoms with Crippen LogP contribution in [0.5, 0.6) is 0 Å². The Kier molecular flexibility index (Phi) is 5.86. The normalized spacial score (nSPS) is 21.0. The van der Waals surface area contributed by atoms with Crippen molar-refractivity contribution in [3.63, 3.8) is 0 Å². The first-order valence-corrected chi connectivity index (χ1v) is 11.6. The van der Waals surface area contributed by atoms with E-state index in [2.05, 4.69) is 22.4 Å². The molecule has 2 aliphatic heterocycles. The minimum atomic E-state index is -0.585. The molecule has 0 aliphatic carbocycles. The van der Waals surface area contributed by atoms with Crippen molar-refractivity contribution in [2.75, 3.05) is 19.6 Å². The summed E-state index contributed by atoms with van der Waals surface area (Å²) in [6.07, 6.45) is 3.99. The summed E-state index contributed by atoms with van der Waals surface area (Å²) in [6.45, 7) is 1.59. The standard InChI is InChI=1S/C26H28N4O3/c31-24-11-10-22(28-24)25(32)30-15-14-29(13-12-18-6-2-1-3-7-18)26(33)23(30)16-19-17-27-21-9-5-4-8-20(19)21/h1-9,17,22-23,27H,10-16H2,(H,28,31)/t22-,23-/m0/s1. The molecule has 1 aromatic heterocycles. The lowest BCUT2D eigenvalue weighted by atomic mass is 9.99. The number of nitrogens with one attached hydrogen (secondary N) is 2. The molecule has 0 bridgehead atoms. The maximum Gasteiger partial charge on any atom is 0.245 e. The zero-order chi connectivity index (χ0) is 22.8. The van der Waals surface area contributed by atoms with Gasteiger partial charge in [0.15, 0.2) is 0 Å². The van der Waals surface area contributed by atoms with Gasteiger partial charge >= 0.3 is 0 Å². The number of rotatable bonds is 6. The van der Waals surface area contributed by atoms with Gasteiger partial charge in [-0.15, -0.1) is 0 Å². The van der Waals surface area contributed by atoms with Crippen LogP contribution in [-0.2, 0) is 27.2 Å². The van der Waals surface area contributed by atoms with E-state index in [4.69, 9.17) is 0 Å². The van der Waals surface area contributed by atoms with Crippen LogP contribution in [0.4, 0.5) is 0 Å². The molecule has 0 spiro atoms. The molecule has 33 heavy (non-hydrogen) atoms. The van der Waals surface area contributed by atoms with Crippen molar-refractivity contribution >= 4 is 28.6 Å². The molecule has 2 N–H and O–H groups in total. The molecular formula is C26H28N4O3. The Balaban J connectivity index is 1.38. The zero-order valence-electron chi connectivity index (χ0n) is 18.5. The van der Waals surface area contributed by atoms with Crippen molar-refractivity contribution in [3.8, 4) is 0 Å². The maximum atomic E-state index is 13.6. The second kappa shape index (κ2) is 9.10. The molecule has 3 heterocycles. The minimum absolute atomic E-state index is 0.0277. The van der Waals surface area contributed by atoms with E-state index in [1.54, 1.807) is 4.90 Å². The molecule has 3 aromatic rings. The van der Waals surface area contributed by atoms with Gasteiger partial charge in [0.1, 0.15) is 12.1 Å². The number of benzene rings is 2. The highest BCUT2D eigenvalue weighted by molar-refractivity contribution is 5.95. The SMILES string of the molecule is O=C1CC[C@@H](C(=O)N2CCN(CCc3ccccc3)C(=O)[C@@H]2Cc2c[nH]c3ccccc23)N1. The number of aromatic amines is 1. The molecule has 7 heteroatoms. The predicted octanol–water partition coefficient (Wildman–Crippen LogP) is 2.27. The lowest BCUT2D eigenvalue weighted by molar-refractivity contribution is -0.152. The number of H-pyrrole nitrogens is 1. The quantitative estimate of drug-likeness (QED) is 0.612. The van der Waals surface area contributed by atoms with Crippen LogP contribution in [0.2, 0.25) is 0 Å². The highest BCUT2D eigenvalue weighted by Crippen LogP contribution is 2.24. The minimum Gasteiger partial charge on any atom is -0.361 e. The van der Waals surface area contributed by atoms with Crippen LogP contribution in [0.25, 0.3) is 10.9 Å². The number of carbonyl (C=O) groups excluding carboxylic acids is 3. The number of aromatic nitrogens is 1. The van der Waals surface area contributed by atoms with Crippen LogP contribution in [-0.4, -0.2) is 64.2 Å². The molecule has 2 aliphatic rings. The Morgan fingerprint density at radius 3 is 2.58 bits per heavy atom. The number of fused-ring (bicyclic) bond motifs is 1. The molecule has 0 saturated carbocycles. The Hall–Kier alpha value is -3.61. The van der Waals surface area contributed by atoms with Crippen LogP contribution in [0.3, 0.4) is 0 Å². The van der Waals surface area contributed by atoms with Crippen LogP contribution in [0.1, 0.15) is 24.0 Å². The Bertz CT molecular complexity index is 1170. The summed E-state index contributed by atoms with van der Waals surface area (Å²) < 4.78 is 0. The molecule has 2 aromatic carbocycles. The van der Waals surface area contributed by atoms with Gasteiger partial charge in [-0.3, -0.25) is 14.4 Å². The van der Waals surface area contributed by atoms with Gasteiger partial charge in [0, 0.05) is 49.6 Å². The number of hydrogen-bond acceptors (Lipinski definition) is 3. The lowest BCUT2D eigenvalue weighted by Crippen LogP contribution is -2.62. The van der Waals surface area contributed by atoms with Gasteiger partial charge in [0.2, 0.25) is 17.7 Å². The summed E-state index contributed by atoms with van der Waals surface area (Å²) in [7, 11) is 0. The molecule has 3 amide bonds. The Labute approximate surface area is 192 Å². The zero-order valence-corrected chi connectivity index (χ0v) is 18.5. The third-order valence-electron chi connectivity index (χ3n) is 6.76. The van der Waals surface area contributed by atoms with Gasteiger partial charge in [-0.2, -0.15) is 0 Å². The van der Waals surface area contributed by atoms with Gasteiger partial charge in [-0.1, -0.05) is 48.5 Å². The molecule has 0 unspecified atom stereocenters. The first-order chi connectivity index (χ1) is 16.1. The second-order valence-corrected chi connectivity index (χ2v) is 8.83. The number of para-hydroxylation sites is 1. The first-order valence-electron chi connectivity index (χ1n) is 11.6. The largest absolute Gasteiger partial charge is 0.361 e. The summed E-state index contributed by atoms with van der Waals surface area (Å²) in [4.78, 5) is 45.5. The Morgan fingerprint density at radius 1 is 1.00 bits per heavy atom. The van der Waals surface area contributed by atoms with Crippen molar-refractivity contribution in [1.82, 2.24) is 20.1 Å². The van der Waals surface area contributed by atoms with Crippen LogP contribution in [0.15, 0.2) is 60.8 Å². The highest BCUT2D eigenvalue weighted by atomic mass is 16.2. The molecule has 0 radical (unpaired) electrons. The van der Waals surface area contributed by atoms with Gasteiger partial charge in [0.25, 0.3) is 0 Å².